The Hall–Kier alpha value is 0.270. The predicted molar refractivity (Wildman–Crippen MR) is 88.3 cm³/mol. The van der Waals surface area contributed by atoms with Crippen LogP contribution in [0.25, 0.3) is 0 Å². The Morgan fingerprint density at radius 2 is 1.11 bits per heavy atom. The zero-order valence-corrected chi connectivity index (χ0v) is 14.6. The SMILES string of the molecule is CC(C)Sc1[c]c(SC(C)C)cc(SC(C)C)c1. The lowest BCUT2D eigenvalue weighted by Gasteiger charge is -2.12. The molecule has 0 saturated carbocycles. The van der Waals surface area contributed by atoms with Crippen molar-refractivity contribution < 1.29 is 0 Å². The number of thioether (sulfide) groups is 3. The van der Waals surface area contributed by atoms with Gasteiger partial charge >= 0.3 is 0 Å². The topological polar surface area (TPSA) is 0 Å². The second-order valence-electron chi connectivity index (χ2n) is 5.04. The summed E-state index contributed by atoms with van der Waals surface area (Å²) in [6.45, 7) is 13.4. The third kappa shape index (κ3) is 6.44. The standard InChI is InChI=1S/C15H23S3/c1-10(2)16-13-7-14(17-11(3)4)9-15(8-13)18-12(5)6/h7-8,10-12H,1-6H3. The molecule has 3 heteroatoms. The molecule has 1 rings (SSSR count). The van der Waals surface area contributed by atoms with Crippen LogP contribution in [0.5, 0.6) is 0 Å². The van der Waals surface area contributed by atoms with Crippen molar-refractivity contribution in [3.63, 3.8) is 0 Å². The Morgan fingerprint density at radius 1 is 0.722 bits per heavy atom. The average molecular weight is 300 g/mol. The highest BCUT2D eigenvalue weighted by Gasteiger charge is 2.08. The first-order valence-electron chi connectivity index (χ1n) is 6.44. The fourth-order valence-corrected chi connectivity index (χ4v) is 4.34. The molecule has 101 valence electrons. The molecule has 0 amide bonds. The van der Waals surface area contributed by atoms with E-state index in [0.717, 1.165) is 0 Å². The van der Waals surface area contributed by atoms with Gasteiger partial charge in [0.2, 0.25) is 0 Å². The molecule has 0 nitrogen and oxygen atoms in total. The van der Waals surface area contributed by atoms with Crippen LogP contribution in [0.4, 0.5) is 0 Å². The van der Waals surface area contributed by atoms with Gasteiger partial charge < -0.3 is 0 Å². The summed E-state index contributed by atoms with van der Waals surface area (Å²) in [6, 6.07) is 8.09. The lowest BCUT2D eigenvalue weighted by Crippen LogP contribution is -1.92. The highest BCUT2D eigenvalue weighted by atomic mass is 32.2. The summed E-state index contributed by atoms with van der Waals surface area (Å²) in [5.41, 5.74) is 0. The van der Waals surface area contributed by atoms with Crippen molar-refractivity contribution in [1.29, 1.82) is 0 Å². The molecule has 1 aromatic carbocycles. The van der Waals surface area contributed by atoms with E-state index < -0.39 is 0 Å². The van der Waals surface area contributed by atoms with Gasteiger partial charge in [-0.2, -0.15) is 0 Å². The summed E-state index contributed by atoms with van der Waals surface area (Å²) >= 11 is 5.73. The fraction of sp³-hybridized carbons (Fsp3) is 0.600. The van der Waals surface area contributed by atoms with Crippen LogP contribution in [0.3, 0.4) is 0 Å². The van der Waals surface area contributed by atoms with Crippen molar-refractivity contribution in [3.05, 3.63) is 18.2 Å². The Balaban J connectivity index is 2.95. The summed E-state index contributed by atoms with van der Waals surface area (Å²) in [5, 5.41) is 1.84. The summed E-state index contributed by atoms with van der Waals surface area (Å²) in [5.74, 6) is 0. The van der Waals surface area contributed by atoms with Crippen LogP contribution < -0.4 is 0 Å². The number of hydrogen-bond donors (Lipinski definition) is 0. The van der Waals surface area contributed by atoms with E-state index in [-0.39, 0.29) is 0 Å². The average Bonchev–Trinajstić information content (AvgIpc) is 2.12. The van der Waals surface area contributed by atoms with Gasteiger partial charge in [0, 0.05) is 36.5 Å². The maximum atomic E-state index is 3.53. The molecule has 0 fully saturated rings. The molecule has 0 saturated heterocycles. The molecule has 0 aromatic heterocycles. The number of rotatable bonds is 6. The van der Waals surface area contributed by atoms with E-state index >= 15 is 0 Å². The first-order chi connectivity index (χ1) is 8.36. The van der Waals surface area contributed by atoms with Crippen LogP contribution in [0.1, 0.15) is 41.5 Å². The van der Waals surface area contributed by atoms with Crippen LogP contribution in [-0.4, -0.2) is 15.7 Å². The maximum absolute atomic E-state index is 3.53. The highest BCUT2D eigenvalue weighted by molar-refractivity contribution is 8.01. The molecule has 0 aliphatic rings. The number of hydrogen-bond acceptors (Lipinski definition) is 3. The molecule has 18 heavy (non-hydrogen) atoms. The van der Waals surface area contributed by atoms with E-state index in [1.807, 2.05) is 35.3 Å². The van der Waals surface area contributed by atoms with Crippen LogP contribution in [-0.2, 0) is 0 Å². The normalized spacial score (nSPS) is 11.8. The second kappa shape index (κ2) is 7.76. The van der Waals surface area contributed by atoms with Gasteiger partial charge in [-0.1, -0.05) is 41.5 Å². The van der Waals surface area contributed by atoms with Crippen molar-refractivity contribution in [2.24, 2.45) is 0 Å². The Bertz CT molecular complexity index is 301. The summed E-state index contributed by atoms with van der Waals surface area (Å²) in [7, 11) is 0. The van der Waals surface area contributed by atoms with E-state index in [0.29, 0.717) is 15.7 Å². The van der Waals surface area contributed by atoms with Crippen molar-refractivity contribution in [2.45, 2.75) is 72.0 Å². The van der Waals surface area contributed by atoms with Gasteiger partial charge in [0.15, 0.2) is 0 Å². The van der Waals surface area contributed by atoms with Crippen LogP contribution in [0.2, 0.25) is 0 Å². The minimum absolute atomic E-state index is 0.609. The third-order valence-corrected chi connectivity index (χ3v) is 4.76. The minimum atomic E-state index is 0.609. The van der Waals surface area contributed by atoms with E-state index in [9.17, 15) is 0 Å². The maximum Gasteiger partial charge on any atom is 0.0176 e. The van der Waals surface area contributed by atoms with Gasteiger partial charge in [-0.05, 0) is 12.1 Å². The molecule has 0 bridgehead atoms. The van der Waals surface area contributed by atoms with Gasteiger partial charge in [0.05, 0.1) is 0 Å². The zero-order chi connectivity index (χ0) is 13.7. The van der Waals surface area contributed by atoms with Crippen LogP contribution in [0.15, 0.2) is 26.8 Å². The van der Waals surface area contributed by atoms with E-state index in [4.69, 9.17) is 0 Å². The molecule has 0 heterocycles. The molecular weight excluding hydrogens is 276 g/mol. The molecule has 0 aliphatic heterocycles. The van der Waals surface area contributed by atoms with Crippen LogP contribution in [0, 0.1) is 6.07 Å². The predicted octanol–water partition coefficient (Wildman–Crippen LogP) is 5.99. The molecular formula is C15H23S3. The fourth-order valence-electron chi connectivity index (χ4n) is 1.47. The first-order valence-corrected chi connectivity index (χ1v) is 9.08. The quantitative estimate of drug-likeness (QED) is 0.592. The van der Waals surface area contributed by atoms with Gasteiger partial charge in [0.25, 0.3) is 0 Å². The Kier molecular flexibility index (Phi) is 7.04. The van der Waals surface area contributed by atoms with Gasteiger partial charge in [-0.3, -0.25) is 0 Å². The van der Waals surface area contributed by atoms with E-state index in [1.165, 1.54) is 14.7 Å². The lowest BCUT2D eigenvalue weighted by molar-refractivity contribution is 1.08. The third-order valence-electron chi connectivity index (χ3n) is 1.89. The molecule has 1 aromatic rings. The first kappa shape index (κ1) is 16.3. The highest BCUT2D eigenvalue weighted by Crippen LogP contribution is 2.35. The molecule has 0 N–H and O–H groups in total. The van der Waals surface area contributed by atoms with Gasteiger partial charge in [-0.25, -0.2) is 0 Å². The second-order valence-corrected chi connectivity index (χ2v) is 9.93. The minimum Gasteiger partial charge on any atom is -0.123 e. The zero-order valence-electron chi connectivity index (χ0n) is 12.1. The Labute approximate surface area is 125 Å². The molecule has 0 atom stereocenters. The summed E-state index contributed by atoms with van der Waals surface area (Å²) in [4.78, 5) is 3.92. The largest absolute Gasteiger partial charge is 0.123 e. The van der Waals surface area contributed by atoms with Gasteiger partial charge in [-0.15, -0.1) is 35.3 Å². The lowest BCUT2D eigenvalue weighted by atomic mass is 10.4. The molecule has 0 spiro atoms. The van der Waals surface area contributed by atoms with Crippen LogP contribution >= 0.6 is 35.3 Å². The monoisotopic (exact) mass is 299 g/mol. The van der Waals surface area contributed by atoms with Crippen molar-refractivity contribution in [2.75, 3.05) is 0 Å². The smallest absolute Gasteiger partial charge is 0.0176 e. The molecule has 0 aliphatic carbocycles. The van der Waals surface area contributed by atoms with Crippen molar-refractivity contribution in [1.82, 2.24) is 0 Å². The van der Waals surface area contributed by atoms with Crippen molar-refractivity contribution in [3.8, 4) is 0 Å². The summed E-state index contributed by atoms with van der Waals surface area (Å²) in [6.07, 6.45) is 0. The van der Waals surface area contributed by atoms with E-state index in [1.54, 1.807) is 0 Å². The Morgan fingerprint density at radius 3 is 1.44 bits per heavy atom. The van der Waals surface area contributed by atoms with Crippen molar-refractivity contribution >= 4 is 35.3 Å². The molecule has 1 radical (unpaired) electrons. The van der Waals surface area contributed by atoms with E-state index in [2.05, 4.69) is 59.7 Å². The van der Waals surface area contributed by atoms with Gasteiger partial charge in [0.1, 0.15) is 0 Å². The molecule has 0 unspecified atom stereocenters. The number of benzene rings is 1. The summed E-state index contributed by atoms with van der Waals surface area (Å²) < 4.78 is 0.